The van der Waals surface area contributed by atoms with Crippen molar-refractivity contribution in [3.63, 3.8) is 0 Å². The first-order chi connectivity index (χ1) is 10.2. The van der Waals surface area contributed by atoms with Gasteiger partial charge in [-0.05, 0) is 34.0 Å². The van der Waals surface area contributed by atoms with Crippen molar-refractivity contribution < 1.29 is 0 Å². The van der Waals surface area contributed by atoms with Crippen molar-refractivity contribution in [2.75, 3.05) is 0 Å². The first-order valence-electron chi connectivity index (χ1n) is 7.39. The van der Waals surface area contributed by atoms with Crippen molar-refractivity contribution in [1.29, 1.82) is 0 Å². The first kappa shape index (κ1) is 13.8. The van der Waals surface area contributed by atoms with Gasteiger partial charge in [0, 0.05) is 30.5 Å². The van der Waals surface area contributed by atoms with E-state index in [9.17, 15) is 0 Å². The van der Waals surface area contributed by atoms with Crippen molar-refractivity contribution in [1.82, 2.24) is 10.3 Å². The summed E-state index contributed by atoms with van der Waals surface area (Å²) < 4.78 is 0. The smallest absolute Gasteiger partial charge is 0.0346 e. The predicted molar refractivity (Wildman–Crippen MR) is 89.2 cm³/mol. The number of nitrogens with one attached hydrogen (secondary N) is 1. The van der Waals surface area contributed by atoms with E-state index < -0.39 is 0 Å². The molecule has 0 saturated carbocycles. The number of hydrogen-bond acceptors (Lipinski definition) is 2. The number of nitrogens with zero attached hydrogens (tertiary/aromatic N) is 1. The lowest BCUT2D eigenvalue weighted by Gasteiger charge is -2.09. The van der Waals surface area contributed by atoms with Crippen LogP contribution in [-0.2, 0) is 6.54 Å². The van der Waals surface area contributed by atoms with Crippen LogP contribution in [0.2, 0.25) is 0 Å². The molecule has 3 rings (SSSR count). The molecular weight excluding hydrogens is 256 g/mol. The van der Waals surface area contributed by atoms with Gasteiger partial charge in [0.05, 0.1) is 0 Å². The fourth-order valence-corrected chi connectivity index (χ4v) is 2.43. The lowest BCUT2D eigenvalue weighted by Crippen LogP contribution is -2.21. The summed E-state index contributed by atoms with van der Waals surface area (Å²) in [7, 11) is 0. The molecule has 0 amide bonds. The third-order valence-corrected chi connectivity index (χ3v) is 3.59. The summed E-state index contributed by atoms with van der Waals surface area (Å²) in [4.78, 5) is 4.38. The molecule has 1 aromatic heterocycles. The molecule has 0 unspecified atom stereocenters. The molecule has 1 heterocycles. The minimum Gasteiger partial charge on any atom is -0.310 e. The van der Waals surface area contributed by atoms with Gasteiger partial charge in [0.15, 0.2) is 0 Å². The van der Waals surface area contributed by atoms with Crippen LogP contribution in [0.3, 0.4) is 0 Å². The second kappa shape index (κ2) is 6.06. The van der Waals surface area contributed by atoms with E-state index in [2.05, 4.69) is 72.7 Å². The van der Waals surface area contributed by atoms with E-state index in [4.69, 9.17) is 0 Å². The van der Waals surface area contributed by atoms with E-state index in [0.717, 1.165) is 6.54 Å². The molecule has 0 spiro atoms. The van der Waals surface area contributed by atoms with Gasteiger partial charge in [-0.15, -0.1) is 0 Å². The molecule has 0 saturated heterocycles. The van der Waals surface area contributed by atoms with E-state index in [1.807, 2.05) is 12.4 Å². The van der Waals surface area contributed by atoms with Gasteiger partial charge in [0.2, 0.25) is 0 Å². The fourth-order valence-electron chi connectivity index (χ4n) is 2.43. The zero-order chi connectivity index (χ0) is 14.7. The molecule has 21 heavy (non-hydrogen) atoms. The van der Waals surface area contributed by atoms with Crippen LogP contribution in [0.5, 0.6) is 0 Å². The molecule has 0 bridgehead atoms. The highest BCUT2D eigenvalue weighted by molar-refractivity contribution is 5.87. The average molecular weight is 276 g/mol. The lowest BCUT2D eigenvalue weighted by atomic mass is 10.0. The Morgan fingerprint density at radius 2 is 1.71 bits per heavy atom. The number of pyridine rings is 1. The van der Waals surface area contributed by atoms with Gasteiger partial charge in [-0.25, -0.2) is 0 Å². The largest absolute Gasteiger partial charge is 0.310 e. The van der Waals surface area contributed by atoms with Crippen LogP contribution in [0.15, 0.2) is 60.9 Å². The van der Waals surface area contributed by atoms with Gasteiger partial charge in [-0.3, -0.25) is 4.98 Å². The SMILES string of the molecule is CC(C)NCc1cncc(-c2ccc3ccccc3c2)c1. The molecule has 0 fully saturated rings. The van der Waals surface area contributed by atoms with Crippen LogP contribution in [-0.4, -0.2) is 11.0 Å². The molecule has 3 aromatic rings. The van der Waals surface area contributed by atoms with Crippen molar-refractivity contribution in [3.05, 3.63) is 66.5 Å². The minimum absolute atomic E-state index is 0.481. The second-order valence-corrected chi connectivity index (χ2v) is 5.68. The van der Waals surface area contributed by atoms with Crippen molar-refractivity contribution in [2.24, 2.45) is 0 Å². The zero-order valence-electron chi connectivity index (χ0n) is 12.5. The van der Waals surface area contributed by atoms with Crippen molar-refractivity contribution in [3.8, 4) is 11.1 Å². The average Bonchev–Trinajstić information content (AvgIpc) is 2.53. The highest BCUT2D eigenvalue weighted by Gasteiger charge is 2.02. The summed E-state index contributed by atoms with van der Waals surface area (Å²) in [6, 6.07) is 17.7. The lowest BCUT2D eigenvalue weighted by molar-refractivity contribution is 0.588. The Hall–Kier alpha value is -2.19. The molecule has 0 aliphatic carbocycles. The summed E-state index contributed by atoms with van der Waals surface area (Å²) >= 11 is 0. The Balaban J connectivity index is 1.92. The zero-order valence-corrected chi connectivity index (χ0v) is 12.5. The van der Waals surface area contributed by atoms with Crippen molar-refractivity contribution in [2.45, 2.75) is 26.4 Å². The molecule has 0 aliphatic heterocycles. The Morgan fingerprint density at radius 3 is 2.52 bits per heavy atom. The maximum absolute atomic E-state index is 4.38. The Kier molecular flexibility index (Phi) is 3.98. The second-order valence-electron chi connectivity index (χ2n) is 5.68. The van der Waals surface area contributed by atoms with Gasteiger partial charge < -0.3 is 5.32 Å². The van der Waals surface area contributed by atoms with E-state index in [-0.39, 0.29) is 0 Å². The standard InChI is InChI=1S/C19H20N2/c1-14(2)21-12-15-9-19(13-20-11-15)18-8-7-16-5-3-4-6-17(16)10-18/h3-11,13-14,21H,12H2,1-2H3. The molecule has 0 aliphatic rings. The van der Waals surface area contributed by atoms with Crippen LogP contribution in [0.25, 0.3) is 21.9 Å². The van der Waals surface area contributed by atoms with Crippen LogP contribution < -0.4 is 5.32 Å². The number of fused-ring (bicyclic) bond motifs is 1. The number of aromatic nitrogens is 1. The van der Waals surface area contributed by atoms with Crippen LogP contribution in [0, 0.1) is 0 Å². The summed E-state index contributed by atoms with van der Waals surface area (Å²) in [5, 5.41) is 5.96. The van der Waals surface area contributed by atoms with Crippen LogP contribution in [0.4, 0.5) is 0 Å². The summed E-state index contributed by atoms with van der Waals surface area (Å²) in [5.41, 5.74) is 3.60. The Morgan fingerprint density at radius 1 is 0.905 bits per heavy atom. The van der Waals surface area contributed by atoms with Gasteiger partial charge >= 0.3 is 0 Å². The monoisotopic (exact) mass is 276 g/mol. The third-order valence-electron chi connectivity index (χ3n) is 3.59. The van der Waals surface area contributed by atoms with E-state index in [1.165, 1.54) is 27.5 Å². The molecule has 1 N–H and O–H groups in total. The van der Waals surface area contributed by atoms with Gasteiger partial charge in [0.1, 0.15) is 0 Å². The summed E-state index contributed by atoms with van der Waals surface area (Å²) in [6.07, 6.45) is 3.86. The normalized spacial score (nSPS) is 11.2. The fraction of sp³-hybridized carbons (Fsp3) is 0.211. The summed E-state index contributed by atoms with van der Waals surface area (Å²) in [5.74, 6) is 0. The highest BCUT2D eigenvalue weighted by Crippen LogP contribution is 2.24. The number of benzene rings is 2. The van der Waals surface area contributed by atoms with Crippen LogP contribution in [0.1, 0.15) is 19.4 Å². The van der Waals surface area contributed by atoms with E-state index in [1.54, 1.807) is 0 Å². The Bertz CT molecular complexity index is 747. The van der Waals surface area contributed by atoms with Crippen molar-refractivity contribution >= 4 is 10.8 Å². The molecular formula is C19H20N2. The molecule has 106 valence electrons. The summed E-state index contributed by atoms with van der Waals surface area (Å²) in [6.45, 7) is 5.16. The molecule has 2 nitrogen and oxygen atoms in total. The quantitative estimate of drug-likeness (QED) is 0.764. The number of hydrogen-bond donors (Lipinski definition) is 1. The highest BCUT2D eigenvalue weighted by atomic mass is 14.9. The maximum Gasteiger partial charge on any atom is 0.0346 e. The van der Waals surface area contributed by atoms with Gasteiger partial charge in [0.25, 0.3) is 0 Å². The molecule has 2 heteroatoms. The first-order valence-corrected chi connectivity index (χ1v) is 7.39. The predicted octanol–water partition coefficient (Wildman–Crippen LogP) is 4.40. The molecule has 0 radical (unpaired) electrons. The number of rotatable bonds is 4. The minimum atomic E-state index is 0.481. The van der Waals surface area contributed by atoms with E-state index in [0.29, 0.717) is 6.04 Å². The van der Waals surface area contributed by atoms with Gasteiger partial charge in [-0.2, -0.15) is 0 Å². The molecule has 0 atom stereocenters. The van der Waals surface area contributed by atoms with Crippen LogP contribution >= 0.6 is 0 Å². The molecule has 2 aromatic carbocycles. The van der Waals surface area contributed by atoms with Gasteiger partial charge in [-0.1, -0.05) is 50.2 Å². The van der Waals surface area contributed by atoms with E-state index >= 15 is 0 Å². The maximum atomic E-state index is 4.38. The Labute approximate surface area is 125 Å². The third kappa shape index (κ3) is 3.29. The topological polar surface area (TPSA) is 24.9 Å².